The molecule has 0 aliphatic carbocycles. The summed E-state index contributed by atoms with van der Waals surface area (Å²) in [4.78, 5) is 0. The maximum absolute atomic E-state index is 5.82. The van der Waals surface area contributed by atoms with Crippen LogP contribution in [0.2, 0.25) is 0 Å². The van der Waals surface area contributed by atoms with Crippen LogP contribution in [0.4, 0.5) is 0 Å². The Morgan fingerprint density at radius 3 is 2.73 bits per heavy atom. The van der Waals surface area contributed by atoms with E-state index >= 15 is 0 Å². The van der Waals surface area contributed by atoms with Gasteiger partial charge in [-0.05, 0) is 12.5 Å². The van der Waals surface area contributed by atoms with Crippen LogP contribution in [0.1, 0.15) is 18.6 Å². The first-order valence-corrected chi connectivity index (χ1v) is 5.26. The number of methoxy groups -OCH3 is 1. The molecule has 1 N–H and O–H groups in total. The summed E-state index contributed by atoms with van der Waals surface area (Å²) in [5, 5.41) is 3.36. The van der Waals surface area contributed by atoms with E-state index in [4.69, 9.17) is 9.47 Å². The highest BCUT2D eigenvalue weighted by molar-refractivity contribution is 5.20. The number of rotatable bonds is 3. The van der Waals surface area contributed by atoms with E-state index in [1.54, 1.807) is 7.11 Å². The topological polar surface area (TPSA) is 30.5 Å². The van der Waals surface area contributed by atoms with Crippen LogP contribution >= 0.6 is 0 Å². The smallest absolute Gasteiger partial charge is 0.106 e. The molecule has 3 unspecified atom stereocenters. The summed E-state index contributed by atoms with van der Waals surface area (Å²) < 4.78 is 11.0. The second-order valence-electron chi connectivity index (χ2n) is 3.84. The second kappa shape index (κ2) is 4.75. The van der Waals surface area contributed by atoms with Crippen LogP contribution in [-0.2, 0) is 9.47 Å². The van der Waals surface area contributed by atoms with Crippen LogP contribution < -0.4 is 5.32 Å². The summed E-state index contributed by atoms with van der Waals surface area (Å²) in [6, 6.07) is 10.5. The maximum atomic E-state index is 5.82. The molecule has 1 aliphatic rings. The zero-order valence-corrected chi connectivity index (χ0v) is 9.14. The van der Waals surface area contributed by atoms with Crippen molar-refractivity contribution in [3.63, 3.8) is 0 Å². The van der Waals surface area contributed by atoms with Crippen LogP contribution in [0.3, 0.4) is 0 Å². The van der Waals surface area contributed by atoms with Gasteiger partial charge in [0, 0.05) is 7.11 Å². The fourth-order valence-electron chi connectivity index (χ4n) is 2.01. The summed E-state index contributed by atoms with van der Waals surface area (Å²) in [5.41, 5.74) is 1.21. The van der Waals surface area contributed by atoms with Gasteiger partial charge < -0.3 is 9.47 Å². The minimum absolute atomic E-state index is 0.0929. The first kappa shape index (κ1) is 10.6. The van der Waals surface area contributed by atoms with Crippen molar-refractivity contribution in [2.75, 3.05) is 13.7 Å². The van der Waals surface area contributed by atoms with Crippen LogP contribution in [0.25, 0.3) is 0 Å². The molecule has 1 aromatic rings. The Morgan fingerprint density at radius 1 is 1.33 bits per heavy atom. The van der Waals surface area contributed by atoms with Crippen molar-refractivity contribution in [2.24, 2.45) is 0 Å². The quantitative estimate of drug-likeness (QED) is 0.818. The minimum Gasteiger partial charge on any atom is -0.383 e. The van der Waals surface area contributed by atoms with Crippen molar-refractivity contribution >= 4 is 0 Å². The third-order valence-corrected chi connectivity index (χ3v) is 2.64. The second-order valence-corrected chi connectivity index (χ2v) is 3.84. The SMILES string of the molecule is COCC1NC(C)OC1c1ccccc1. The lowest BCUT2D eigenvalue weighted by atomic mass is 10.0. The van der Waals surface area contributed by atoms with E-state index in [1.807, 2.05) is 25.1 Å². The molecule has 0 saturated carbocycles. The molecule has 82 valence electrons. The molecule has 3 atom stereocenters. The number of ether oxygens (including phenoxy) is 2. The normalized spacial score (nSPS) is 30.7. The average Bonchev–Trinajstić information content (AvgIpc) is 2.62. The van der Waals surface area contributed by atoms with E-state index in [-0.39, 0.29) is 18.4 Å². The highest BCUT2D eigenvalue weighted by Gasteiger charge is 2.32. The third kappa shape index (κ3) is 2.37. The lowest BCUT2D eigenvalue weighted by Gasteiger charge is -2.17. The Balaban J connectivity index is 2.13. The number of benzene rings is 1. The molecule has 1 aromatic carbocycles. The summed E-state index contributed by atoms with van der Waals surface area (Å²) >= 11 is 0. The first-order valence-electron chi connectivity index (χ1n) is 5.26. The van der Waals surface area contributed by atoms with Gasteiger partial charge in [0.2, 0.25) is 0 Å². The van der Waals surface area contributed by atoms with Gasteiger partial charge in [-0.25, -0.2) is 0 Å². The molecule has 0 aromatic heterocycles. The van der Waals surface area contributed by atoms with E-state index in [1.165, 1.54) is 5.56 Å². The summed E-state index contributed by atoms with van der Waals surface area (Å²) in [6.45, 7) is 2.69. The molecule has 3 heteroatoms. The van der Waals surface area contributed by atoms with E-state index in [0.29, 0.717) is 6.61 Å². The minimum atomic E-state index is 0.0929. The van der Waals surface area contributed by atoms with Crippen molar-refractivity contribution in [1.29, 1.82) is 0 Å². The molecule has 15 heavy (non-hydrogen) atoms. The van der Waals surface area contributed by atoms with E-state index in [2.05, 4.69) is 17.4 Å². The van der Waals surface area contributed by atoms with Crippen LogP contribution in [0, 0.1) is 0 Å². The van der Waals surface area contributed by atoms with Crippen molar-refractivity contribution in [1.82, 2.24) is 5.32 Å². The molecule has 0 amide bonds. The fourth-order valence-corrected chi connectivity index (χ4v) is 2.01. The van der Waals surface area contributed by atoms with E-state index < -0.39 is 0 Å². The highest BCUT2D eigenvalue weighted by Crippen LogP contribution is 2.27. The molecule has 1 fully saturated rings. The van der Waals surface area contributed by atoms with Crippen molar-refractivity contribution in [3.05, 3.63) is 35.9 Å². The lowest BCUT2D eigenvalue weighted by molar-refractivity contribution is 0.0396. The Bertz CT molecular complexity index is 302. The summed E-state index contributed by atoms with van der Waals surface area (Å²) in [5.74, 6) is 0. The number of hydrogen-bond donors (Lipinski definition) is 1. The summed E-state index contributed by atoms with van der Waals surface area (Å²) in [7, 11) is 1.72. The highest BCUT2D eigenvalue weighted by atomic mass is 16.5. The standard InChI is InChI=1S/C12H17NO2/c1-9-13-11(8-14-2)12(15-9)10-6-4-3-5-7-10/h3-7,9,11-13H,8H2,1-2H3. The molecular weight excluding hydrogens is 190 g/mol. The van der Waals surface area contributed by atoms with Crippen molar-refractivity contribution < 1.29 is 9.47 Å². The Kier molecular flexibility index (Phi) is 3.36. The van der Waals surface area contributed by atoms with Gasteiger partial charge in [0.1, 0.15) is 12.3 Å². The van der Waals surface area contributed by atoms with Crippen LogP contribution in [0.15, 0.2) is 30.3 Å². The molecular formula is C12H17NO2. The van der Waals surface area contributed by atoms with E-state index in [9.17, 15) is 0 Å². The van der Waals surface area contributed by atoms with Gasteiger partial charge in [-0.3, -0.25) is 5.32 Å². The fraction of sp³-hybridized carbons (Fsp3) is 0.500. The van der Waals surface area contributed by atoms with Gasteiger partial charge >= 0.3 is 0 Å². The monoisotopic (exact) mass is 207 g/mol. The lowest BCUT2D eigenvalue weighted by Crippen LogP contribution is -2.33. The zero-order valence-electron chi connectivity index (χ0n) is 9.14. The van der Waals surface area contributed by atoms with E-state index in [0.717, 1.165) is 0 Å². The molecule has 0 radical (unpaired) electrons. The first-order chi connectivity index (χ1) is 7.31. The van der Waals surface area contributed by atoms with Crippen LogP contribution in [0.5, 0.6) is 0 Å². The number of nitrogens with one attached hydrogen (secondary N) is 1. The van der Waals surface area contributed by atoms with Gasteiger partial charge in [0.25, 0.3) is 0 Å². The molecule has 3 nitrogen and oxygen atoms in total. The maximum Gasteiger partial charge on any atom is 0.106 e. The van der Waals surface area contributed by atoms with Gasteiger partial charge in [-0.2, -0.15) is 0 Å². The number of hydrogen-bond acceptors (Lipinski definition) is 3. The molecule has 1 heterocycles. The average molecular weight is 207 g/mol. The Labute approximate surface area is 90.4 Å². The van der Waals surface area contributed by atoms with Crippen LogP contribution in [-0.4, -0.2) is 26.0 Å². The molecule has 1 aliphatic heterocycles. The van der Waals surface area contributed by atoms with Crippen molar-refractivity contribution in [3.8, 4) is 0 Å². The molecule has 1 saturated heterocycles. The third-order valence-electron chi connectivity index (χ3n) is 2.64. The molecule has 0 bridgehead atoms. The van der Waals surface area contributed by atoms with Gasteiger partial charge in [-0.1, -0.05) is 30.3 Å². The van der Waals surface area contributed by atoms with Gasteiger partial charge in [0.15, 0.2) is 0 Å². The Morgan fingerprint density at radius 2 is 2.07 bits per heavy atom. The summed E-state index contributed by atoms with van der Waals surface area (Å²) in [6.07, 6.45) is 0.191. The predicted molar refractivity (Wildman–Crippen MR) is 58.5 cm³/mol. The largest absolute Gasteiger partial charge is 0.383 e. The van der Waals surface area contributed by atoms with Gasteiger partial charge in [0.05, 0.1) is 12.6 Å². The predicted octanol–water partition coefficient (Wildman–Crippen LogP) is 1.71. The molecule has 0 spiro atoms. The molecule has 2 rings (SSSR count). The zero-order chi connectivity index (χ0) is 10.7. The van der Waals surface area contributed by atoms with Crippen molar-refractivity contribution in [2.45, 2.75) is 25.3 Å². The van der Waals surface area contributed by atoms with Gasteiger partial charge in [-0.15, -0.1) is 0 Å². The Hall–Kier alpha value is -0.900.